The molecule has 0 spiro atoms. The summed E-state index contributed by atoms with van der Waals surface area (Å²) in [6.07, 6.45) is 4.15. The molecule has 1 aromatic carbocycles. The van der Waals surface area contributed by atoms with E-state index in [9.17, 15) is 9.59 Å². The summed E-state index contributed by atoms with van der Waals surface area (Å²) in [6, 6.07) is 6.02. The van der Waals surface area contributed by atoms with Crippen molar-refractivity contribution in [1.29, 1.82) is 0 Å². The average Bonchev–Trinajstić information content (AvgIpc) is 3.59. The van der Waals surface area contributed by atoms with E-state index >= 15 is 0 Å². The number of nitrogens with zero attached hydrogens (tertiary/aromatic N) is 5. The second kappa shape index (κ2) is 8.35. The topological polar surface area (TPSA) is 70.9 Å². The molecular formula is C22H29N5O3. The van der Waals surface area contributed by atoms with E-state index in [1.54, 1.807) is 10.9 Å². The summed E-state index contributed by atoms with van der Waals surface area (Å²) in [5.41, 5.74) is 1.97. The summed E-state index contributed by atoms with van der Waals surface area (Å²) in [5, 5.41) is 0.704. The second-order valence-electron chi connectivity index (χ2n) is 8.61. The lowest BCUT2D eigenvalue weighted by atomic mass is 10.2. The number of morpholine rings is 1. The first-order valence-corrected chi connectivity index (χ1v) is 11.0. The largest absolute Gasteiger partial charge is 0.370 e. The first kappa shape index (κ1) is 19.5. The van der Waals surface area contributed by atoms with E-state index in [1.165, 1.54) is 12.8 Å². The predicted octanol–water partition coefficient (Wildman–Crippen LogP) is 0.787. The van der Waals surface area contributed by atoms with Crippen LogP contribution in [0.5, 0.6) is 0 Å². The lowest BCUT2D eigenvalue weighted by molar-refractivity contribution is -0.142. The Morgan fingerprint density at radius 3 is 2.63 bits per heavy atom. The molecule has 5 rings (SSSR count). The van der Waals surface area contributed by atoms with Crippen molar-refractivity contribution >= 4 is 22.5 Å². The van der Waals surface area contributed by atoms with Gasteiger partial charge in [-0.25, -0.2) is 4.98 Å². The minimum Gasteiger partial charge on any atom is -0.370 e. The smallest absolute Gasteiger partial charge is 0.261 e. The van der Waals surface area contributed by atoms with Crippen LogP contribution in [0.1, 0.15) is 12.8 Å². The number of carbonyl (C=O) groups excluding carboxylic acids is 1. The van der Waals surface area contributed by atoms with E-state index in [-0.39, 0.29) is 18.1 Å². The van der Waals surface area contributed by atoms with Crippen LogP contribution in [-0.2, 0) is 16.1 Å². The molecule has 0 unspecified atom stereocenters. The standard InChI is InChI=1S/C22H29N5O3/c28-21-15-30-12-11-26(21)10-7-24-5-8-25(9-6-24)18-3-4-19-20(13-18)23-16-27(22(19)29)14-17-1-2-17/h3-4,13,16-17H,1-2,5-12,14-15H2. The molecule has 0 radical (unpaired) electrons. The highest BCUT2D eigenvalue weighted by Crippen LogP contribution is 2.30. The van der Waals surface area contributed by atoms with Gasteiger partial charge in [-0.3, -0.25) is 19.1 Å². The van der Waals surface area contributed by atoms with Gasteiger partial charge in [0.2, 0.25) is 5.91 Å². The summed E-state index contributed by atoms with van der Waals surface area (Å²) in [5.74, 6) is 0.749. The summed E-state index contributed by atoms with van der Waals surface area (Å²) in [4.78, 5) is 35.8. The van der Waals surface area contributed by atoms with E-state index in [4.69, 9.17) is 4.74 Å². The van der Waals surface area contributed by atoms with Gasteiger partial charge in [-0.05, 0) is 37.0 Å². The molecule has 0 bridgehead atoms. The number of ether oxygens (including phenoxy) is 1. The van der Waals surface area contributed by atoms with Crippen LogP contribution in [0.25, 0.3) is 10.9 Å². The molecule has 8 heteroatoms. The number of anilines is 1. The first-order valence-electron chi connectivity index (χ1n) is 11.0. The summed E-state index contributed by atoms with van der Waals surface area (Å²) < 4.78 is 6.95. The van der Waals surface area contributed by atoms with Crippen LogP contribution < -0.4 is 10.5 Å². The van der Waals surface area contributed by atoms with Crippen LogP contribution in [0.3, 0.4) is 0 Å². The van der Waals surface area contributed by atoms with E-state index in [0.717, 1.165) is 57.0 Å². The quantitative estimate of drug-likeness (QED) is 0.700. The fraction of sp³-hybridized carbons (Fsp3) is 0.591. The van der Waals surface area contributed by atoms with Gasteiger partial charge in [-0.1, -0.05) is 0 Å². The van der Waals surface area contributed by atoms with Gasteiger partial charge in [0.1, 0.15) is 6.61 Å². The Morgan fingerprint density at radius 1 is 1.03 bits per heavy atom. The molecule has 160 valence electrons. The second-order valence-corrected chi connectivity index (χ2v) is 8.61. The number of hydrogen-bond acceptors (Lipinski definition) is 6. The van der Waals surface area contributed by atoms with Gasteiger partial charge in [0.15, 0.2) is 0 Å². The molecule has 3 fully saturated rings. The van der Waals surface area contributed by atoms with Gasteiger partial charge in [0.25, 0.3) is 5.56 Å². The zero-order valence-corrected chi connectivity index (χ0v) is 17.3. The number of benzene rings is 1. The summed E-state index contributed by atoms with van der Waals surface area (Å²) in [6.45, 7) is 7.82. The SMILES string of the molecule is O=C1COCCN1CCN1CCN(c2ccc3c(=O)n(CC4CC4)cnc3c2)CC1. The number of amides is 1. The zero-order chi connectivity index (χ0) is 20.5. The number of fused-ring (bicyclic) bond motifs is 1. The number of aromatic nitrogens is 2. The maximum atomic E-state index is 12.7. The minimum atomic E-state index is 0.0703. The summed E-state index contributed by atoms with van der Waals surface area (Å²) >= 11 is 0. The molecule has 1 aliphatic carbocycles. The molecule has 3 heterocycles. The van der Waals surface area contributed by atoms with Crippen LogP contribution >= 0.6 is 0 Å². The van der Waals surface area contributed by atoms with E-state index in [0.29, 0.717) is 24.5 Å². The third-order valence-corrected chi connectivity index (χ3v) is 6.47. The van der Waals surface area contributed by atoms with Crippen LogP contribution in [0.2, 0.25) is 0 Å². The number of piperazine rings is 1. The Morgan fingerprint density at radius 2 is 1.87 bits per heavy atom. The molecule has 30 heavy (non-hydrogen) atoms. The summed E-state index contributed by atoms with van der Waals surface area (Å²) in [7, 11) is 0. The molecule has 2 saturated heterocycles. The molecule has 8 nitrogen and oxygen atoms in total. The van der Waals surface area contributed by atoms with Crippen molar-refractivity contribution < 1.29 is 9.53 Å². The highest BCUT2D eigenvalue weighted by Gasteiger charge is 2.23. The molecular weight excluding hydrogens is 382 g/mol. The molecule has 2 aromatic rings. The maximum absolute atomic E-state index is 12.7. The van der Waals surface area contributed by atoms with E-state index < -0.39 is 0 Å². The molecule has 1 amide bonds. The zero-order valence-electron chi connectivity index (χ0n) is 17.3. The van der Waals surface area contributed by atoms with Gasteiger partial charge in [0, 0.05) is 58.0 Å². The number of carbonyl (C=O) groups is 1. The van der Waals surface area contributed by atoms with Crippen molar-refractivity contribution in [3.8, 4) is 0 Å². The molecule has 0 N–H and O–H groups in total. The third-order valence-electron chi connectivity index (χ3n) is 6.47. The van der Waals surface area contributed by atoms with Gasteiger partial charge in [-0.15, -0.1) is 0 Å². The molecule has 2 aliphatic heterocycles. The minimum absolute atomic E-state index is 0.0703. The fourth-order valence-electron chi connectivity index (χ4n) is 4.33. The fourth-order valence-corrected chi connectivity index (χ4v) is 4.33. The highest BCUT2D eigenvalue weighted by molar-refractivity contribution is 5.81. The normalized spacial score (nSPS) is 20.9. The molecule has 1 saturated carbocycles. The van der Waals surface area contributed by atoms with Crippen molar-refractivity contribution in [3.05, 3.63) is 34.9 Å². The van der Waals surface area contributed by atoms with Crippen LogP contribution in [0, 0.1) is 5.92 Å². The van der Waals surface area contributed by atoms with Crippen molar-refractivity contribution in [2.75, 3.05) is 63.9 Å². The highest BCUT2D eigenvalue weighted by atomic mass is 16.5. The van der Waals surface area contributed by atoms with Crippen molar-refractivity contribution in [1.82, 2.24) is 19.4 Å². The number of rotatable bonds is 6. The average molecular weight is 412 g/mol. The van der Waals surface area contributed by atoms with E-state index in [2.05, 4.69) is 20.9 Å². The Bertz CT molecular complexity index is 978. The van der Waals surface area contributed by atoms with Gasteiger partial charge < -0.3 is 14.5 Å². The van der Waals surface area contributed by atoms with Gasteiger partial charge in [0.05, 0.1) is 23.8 Å². The Labute approximate surface area is 176 Å². The molecule has 0 atom stereocenters. The van der Waals surface area contributed by atoms with Crippen molar-refractivity contribution in [2.45, 2.75) is 19.4 Å². The van der Waals surface area contributed by atoms with Crippen LogP contribution in [0.4, 0.5) is 5.69 Å². The lowest BCUT2D eigenvalue weighted by Gasteiger charge is -2.37. The monoisotopic (exact) mass is 411 g/mol. The number of hydrogen-bond donors (Lipinski definition) is 0. The van der Waals surface area contributed by atoms with Gasteiger partial charge in [-0.2, -0.15) is 0 Å². The molecule has 1 aromatic heterocycles. The van der Waals surface area contributed by atoms with Gasteiger partial charge >= 0.3 is 0 Å². The Balaban J connectivity index is 1.19. The van der Waals surface area contributed by atoms with Crippen molar-refractivity contribution in [3.63, 3.8) is 0 Å². The lowest BCUT2D eigenvalue weighted by Crippen LogP contribution is -2.50. The van der Waals surface area contributed by atoms with Crippen LogP contribution in [0.15, 0.2) is 29.3 Å². The predicted molar refractivity (Wildman–Crippen MR) is 115 cm³/mol. The van der Waals surface area contributed by atoms with Crippen LogP contribution in [-0.4, -0.2) is 84.3 Å². The maximum Gasteiger partial charge on any atom is 0.261 e. The van der Waals surface area contributed by atoms with Crippen molar-refractivity contribution in [2.24, 2.45) is 5.92 Å². The van der Waals surface area contributed by atoms with E-state index in [1.807, 2.05) is 17.0 Å². The Hall–Kier alpha value is -2.45. The third kappa shape index (κ3) is 4.20. The molecule has 3 aliphatic rings. The first-order chi connectivity index (χ1) is 14.7. The Kier molecular flexibility index (Phi) is 5.43.